The molecule has 10 heteroatoms. The van der Waals surface area contributed by atoms with E-state index < -0.39 is 16.0 Å². The van der Waals surface area contributed by atoms with E-state index in [1.807, 2.05) is 43.3 Å². The Kier molecular flexibility index (Phi) is 6.43. The Balaban J connectivity index is 1.47. The number of hydrogen-bond donors (Lipinski definition) is 0. The van der Waals surface area contributed by atoms with Crippen LogP contribution in [0.3, 0.4) is 0 Å². The standard InChI is InChI=1S/C25H23BrN4O4S/c1-17-9-12-23(22(15-17)30-27-20-7-3-4-8-21(20)28-30)34-25(31)18-10-11-19(26)24(16-18)35(32,33)29-13-5-2-6-14-29/h3-4,7-12,15-16H,2,5-6,13-14H2,1H3. The molecule has 0 amide bonds. The Morgan fingerprint density at radius 1 is 0.943 bits per heavy atom. The first kappa shape index (κ1) is 23.7. The molecule has 0 aliphatic carbocycles. The van der Waals surface area contributed by atoms with Crippen LogP contribution in [0.4, 0.5) is 0 Å². The molecule has 35 heavy (non-hydrogen) atoms. The Hall–Kier alpha value is -3.08. The van der Waals surface area contributed by atoms with E-state index in [1.165, 1.54) is 21.2 Å². The SMILES string of the molecule is Cc1ccc(OC(=O)c2ccc(Br)c(S(=O)(=O)N3CCCCC3)c2)c(-n2nc3ccccc3n2)c1. The average molecular weight is 555 g/mol. The predicted molar refractivity (Wildman–Crippen MR) is 135 cm³/mol. The second-order valence-corrected chi connectivity index (χ2v) is 11.2. The molecule has 0 radical (unpaired) electrons. The Morgan fingerprint density at radius 3 is 2.31 bits per heavy atom. The van der Waals surface area contributed by atoms with Crippen molar-refractivity contribution in [1.82, 2.24) is 19.3 Å². The number of ether oxygens (including phenoxy) is 1. The lowest BCUT2D eigenvalue weighted by Crippen LogP contribution is -2.35. The molecular formula is C25H23BrN4O4S. The molecular weight excluding hydrogens is 532 g/mol. The Bertz CT molecular complexity index is 1490. The van der Waals surface area contributed by atoms with Gasteiger partial charge in [-0.1, -0.05) is 24.6 Å². The number of piperidine rings is 1. The van der Waals surface area contributed by atoms with Gasteiger partial charge < -0.3 is 4.74 Å². The van der Waals surface area contributed by atoms with Crippen molar-refractivity contribution in [1.29, 1.82) is 0 Å². The third kappa shape index (κ3) is 4.73. The van der Waals surface area contributed by atoms with Crippen LogP contribution in [0.25, 0.3) is 16.7 Å². The van der Waals surface area contributed by atoms with Crippen molar-refractivity contribution in [3.05, 3.63) is 76.3 Å². The minimum Gasteiger partial charge on any atom is -0.421 e. The number of fused-ring (bicyclic) bond motifs is 1. The molecule has 1 aliphatic heterocycles. The quantitative estimate of drug-likeness (QED) is 0.257. The van der Waals surface area contributed by atoms with Crippen molar-refractivity contribution in [2.75, 3.05) is 13.1 Å². The zero-order valence-corrected chi connectivity index (χ0v) is 21.4. The number of hydrogen-bond acceptors (Lipinski definition) is 6. The molecule has 1 aromatic heterocycles. The van der Waals surface area contributed by atoms with Gasteiger partial charge in [-0.25, -0.2) is 13.2 Å². The van der Waals surface area contributed by atoms with E-state index in [0.717, 1.165) is 24.8 Å². The Morgan fingerprint density at radius 2 is 1.63 bits per heavy atom. The van der Waals surface area contributed by atoms with Crippen LogP contribution in [0.5, 0.6) is 5.75 Å². The topological polar surface area (TPSA) is 94.4 Å². The predicted octanol–water partition coefficient (Wildman–Crippen LogP) is 4.89. The van der Waals surface area contributed by atoms with E-state index in [4.69, 9.17) is 4.74 Å². The van der Waals surface area contributed by atoms with Gasteiger partial charge in [0, 0.05) is 17.6 Å². The van der Waals surface area contributed by atoms with Crippen molar-refractivity contribution in [2.45, 2.75) is 31.1 Å². The second kappa shape index (κ2) is 9.52. The number of sulfonamides is 1. The van der Waals surface area contributed by atoms with Gasteiger partial charge in [0.15, 0.2) is 5.75 Å². The number of carbonyl (C=O) groups is 1. The number of carbonyl (C=O) groups excluding carboxylic acids is 1. The molecule has 0 saturated carbocycles. The van der Waals surface area contributed by atoms with Gasteiger partial charge in [-0.2, -0.15) is 4.31 Å². The van der Waals surface area contributed by atoms with Crippen LogP contribution in [0.2, 0.25) is 0 Å². The highest BCUT2D eigenvalue weighted by molar-refractivity contribution is 9.10. The molecule has 3 aromatic carbocycles. The summed E-state index contributed by atoms with van der Waals surface area (Å²) in [6, 6.07) is 17.3. The van der Waals surface area contributed by atoms with Crippen molar-refractivity contribution in [3.8, 4) is 11.4 Å². The third-order valence-corrected chi connectivity index (χ3v) is 8.81. The van der Waals surface area contributed by atoms with Gasteiger partial charge in [-0.15, -0.1) is 15.0 Å². The molecule has 1 fully saturated rings. The zero-order chi connectivity index (χ0) is 24.6. The summed E-state index contributed by atoms with van der Waals surface area (Å²) >= 11 is 3.34. The van der Waals surface area contributed by atoms with Crippen LogP contribution in [0, 0.1) is 6.92 Å². The van der Waals surface area contributed by atoms with E-state index in [2.05, 4.69) is 26.1 Å². The van der Waals surface area contributed by atoms with E-state index in [0.29, 0.717) is 34.3 Å². The molecule has 1 aliphatic rings. The number of rotatable bonds is 5. The number of esters is 1. The summed E-state index contributed by atoms with van der Waals surface area (Å²) in [4.78, 5) is 14.6. The van der Waals surface area contributed by atoms with E-state index in [-0.39, 0.29) is 16.2 Å². The summed E-state index contributed by atoms with van der Waals surface area (Å²) in [5.74, 6) is -0.404. The molecule has 0 atom stereocenters. The number of aryl methyl sites for hydroxylation is 1. The summed E-state index contributed by atoms with van der Waals surface area (Å²) in [5, 5.41) is 9.00. The van der Waals surface area contributed by atoms with Crippen molar-refractivity contribution in [3.63, 3.8) is 0 Å². The smallest absolute Gasteiger partial charge is 0.343 e. The first-order valence-corrected chi connectivity index (χ1v) is 13.5. The van der Waals surface area contributed by atoms with Gasteiger partial charge in [0.2, 0.25) is 10.0 Å². The minimum atomic E-state index is -3.74. The van der Waals surface area contributed by atoms with Crippen LogP contribution in [-0.4, -0.2) is 46.8 Å². The first-order valence-electron chi connectivity index (χ1n) is 11.3. The van der Waals surface area contributed by atoms with Gasteiger partial charge >= 0.3 is 5.97 Å². The lowest BCUT2D eigenvalue weighted by atomic mass is 10.2. The average Bonchev–Trinajstić information content (AvgIpc) is 3.30. The second-order valence-electron chi connectivity index (χ2n) is 8.45. The number of benzene rings is 3. The number of halogens is 1. The molecule has 1 saturated heterocycles. The summed E-state index contributed by atoms with van der Waals surface area (Å²) < 4.78 is 34.1. The number of aromatic nitrogens is 3. The van der Waals surface area contributed by atoms with Crippen LogP contribution < -0.4 is 4.74 Å². The molecule has 180 valence electrons. The molecule has 8 nitrogen and oxygen atoms in total. The third-order valence-electron chi connectivity index (χ3n) is 5.92. The summed E-state index contributed by atoms with van der Waals surface area (Å²) in [5.41, 5.74) is 3.01. The summed E-state index contributed by atoms with van der Waals surface area (Å²) in [6.45, 7) is 2.87. The van der Waals surface area contributed by atoms with Gasteiger partial charge in [-0.3, -0.25) is 0 Å². The molecule has 4 aromatic rings. The monoisotopic (exact) mass is 554 g/mol. The molecule has 2 heterocycles. The fraction of sp³-hybridized carbons (Fsp3) is 0.240. The van der Waals surface area contributed by atoms with Gasteiger partial charge in [0.25, 0.3) is 0 Å². The summed E-state index contributed by atoms with van der Waals surface area (Å²) in [7, 11) is -3.74. The highest BCUT2D eigenvalue weighted by Gasteiger charge is 2.29. The first-order chi connectivity index (χ1) is 16.8. The minimum absolute atomic E-state index is 0.0537. The highest BCUT2D eigenvalue weighted by atomic mass is 79.9. The highest BCUT2D eigenvalue weighted by Crippen LogP contribution is 2.30. The van der Waals surface area contributed by atoms with Crippen LogP contribution >= 0.6 is 15.9 Å². The fourth-order valence-corrected chi connectivity index (χ4v) is 6.54. The van der Waals surface area contributed by atoms with Gasteiger partial charge in [0.05, 0.1) is 10.5 Å². The van der Waals surface area contributed by atoms with E-state index in [1.54, 1.807) is 12.1 Å². The number of nitrogens with zero attached hydrogens (tertiary/aromatic N) is 4. The maximum Gasteiger partial charge on any atom is 0.343 e. The van der Waals surface area contributed by atoms with Crippen LogP contribution in [-0.2, 0) is 10.0 Å². The molecule has 0 unspecified atom stereocenters. The maximum absolute atomic E-state index is 13.2. The normalized spacial score (nSPS) is 14.8. The largest absolute Gasteiger partial charge is 0.421 e. The van der Waals surface area contributed by atoms with Crippen LogP contribution in [0.15, 0.2) is 70.0 Å². The molecule has 0 N–H and O–H groups in total. The molecule has 0 bridgehead atoms. The van der Waals surface area contributed by atoms with Gasteiger partial charge in [-0.05, 0) is 83.7 Å². The summed E-state index contributed by atoms with van der Waals surface area (Å²) in [6.07, 6.45) is 2.66. The Labute approximate surface area is 211 Å². The lowest BCUT2D eigenvalue weighted by molar-refractivity contribution is 0.0734. The fourth-order valence-electron chi connectivity index (χ4n) is 4.07. The van der Waals surface area contributed by atoms with Crippen LogP contribution in [0.1, 0.15) is 35.2 Å². The lowest BCUT2D eigenvalue weighted by Gasteiger charge is -2.26. The zero-order valence-electron chi connectivity index (χ0n) is 19.0. The van der Waals surface area contributed by atoms with Crippen molar-refractivity contribution in [2.24, 2.45) is 0 Å². The maximum atomic E-state index is 13.2. The van der Waals surface area contributed by atoms with Crippen molar-refractivity contribution >= 4 is 43.0 Å². The molecule has 0 spiro atoms. The van der Waals surface area contributed by atoms with E-state index in [9.17, 15) is 13.2 Å². The van der Waals surface area contributed by atoms with Gasteiger partial charge in [0.1, 0.15) is 16.7 Å². The van der Waals surface area contributed by atoms with Crippen molar-refractivity contribution < 1.29 is 17.9 Å². The molecule has 5 rings (SSSR count). The van der Waals surface area contributed by atoms with E-state index >= 15 is 0 Å².